The largest absolute Gasteiger partial charge is 0.378 e. The lowest BCUT2D eigenvalue weighted by Crippen LogP contribution is -2.17. The van der Waals surface area contributed by atoms with Crippen molar-refractivity contribution in [3.63, 3.8) is 0 Å². The van der Waals surface area contributed by atoms with Crippen LogP contribution in [0.15, 0.2) is 24.3 Å². The molecular formula is C15H21ClN4. The smallest absolute Gasteiger partial charge is 0.0847 e. The van der Waals surface area contributed by atoms with Crippen LogP contribution in [-0.2, 0) is 13.5 Å². The molecule has 0 radical (unpaired) electrons. The molecule has 0 aliphatic heterocycles. The van der Waals surface area contributed by atoms with Crippen LogP contribution < -0.4 is 10.6 Å². The van der Waals surface area contributed by atoms with Gasteiger partial charge in [-0.05, 0) is 24.6 Å². The third kappa shape index (κ3) is 2.97. The van der Waals surface area contributed by atoms with Crippen LogP contribution in [0.2, 0.25) is 5.02 Å². The summed E-state index contributed by atoms with van der Waals surface area (Å²) in [6.45, 7) is 1.91. The van der Waals surface area contributed by atoms with Gasteiger partial charge in [0.05, 0.1) is 16.4 Å². The van der Waals surface area contributed by atoms with Crippen molar-refractivity contribution in [1.29, 1.82) is 0 Å². The molecule has 1 unspecified atom stereocenters. The third-order valence-corrected chi connectivity index (χ3v) is 3.98. The van der Waals surface area contributed by atoms with Crippen LogP contribution in [0.5, 0.6) is 0 Å². The summed E-state index contributed by atoms with van der Waals surface area (Å²) < 4.78 is 1.81. The summed E-state index contributed by atoms with van der Waals surface area (Å²) in [7, 11) is 5.94. The lowest BCUT2D eigenvalue weighted by molar-refractivity contribution is 0.640. The Kier molecular flexibility index (Phi) is 4.35. The normalized spacial score (nSPS) is 12.5. The number of nitrogens with zero attached hydrogens (tertiary/aromatic N) is 3. The minimum Gasteiger partial charge on any atom is -0.378 e. The number of aryl methyl sites for hydroxylation is 2. The first-order valence-corrected chi connectivity index (χ1v) is 6.98. The molecule has 108 valence electrons. The molecule has 2 N–H and O–H groups in total. The van der Waals surface area contributed by atoms with E-state index in [1.54, 1.807) is 0 Å². The van der Waals surface area contributed by atoms with E-state index in [4.69, 9.17) is 17.3 Å². The summed E-state index contributed by atoms with van der Waals surface area (Å²) in [6.07, 6.45) is 0.674. The highest BCUT2D eigenvalue weighted by Gasteiger charge is 2.16. The quantitative estimate of drug-likeness (QED) is 0.942. The Balaban J connectivity index is 2.24. The van der Waals surface area contributed by atoms with Gasteiger partial charge in [0.15, 0.2) is 0 Å². The molecule has 1 aromatic heterocycles. The molecule has 2 rings (SSSR count). The lowest BCUT2D eigenvalue weighted by atomic mass is 10.0. The zero-order valence-corrected chi connectivity index (χ0v) is 13.1. The van der Waals surface area contributed by atoms with Crippen LogP contribution in [0.3, 0.4) is 0 Å². The zero-order valence-electron chi connectivity index (χ0n) is 12.4. The maximum Gasteiger partial charge on any atom is 0.0847 e. The number of benzene rings is 1. The van der Waals surface area contributed by atoms with Gasteiger partial charge < -0.3 is 10.6 Å². The molecule has 1 aromatic carbocycles. The molecule has 0 spiro atoms. The van der Waals surface area contributed by atoms with Crippen molar-refractivity contribution in [2.24, 2.45) is 12.8 Å². The fraction of sp³-hybridized carbons (Fsp3) is 0.400. The Morgan fingerprint density at radius 1 is 1.40 bits per heavy atom. The van der Waals surface area contributed by atoms with E-state index in [2.05, 4.69) is 28.2 Å². The molecule has 0 aliphatic carbocycles. The second-order valence-corrected chi connectivity index (χ2v) is 5.65. The molecule has 20 heavy (non-hydrogen) atoms. The van der Waals surface area contributed by atoms with Gasteiger partial charge in [0.1, 0.15) is 0 Å². The number of hydrogen-bond acceptors (Lipinski definition) is 3. The highest BCUT2D eigenvalue weighted by Crippen LogP contribution is 2.25. The van der Waals surface area contributed by atoms with Crippen molar-refractivity contribution < 1.29 is 0 Å². The van der Waals surface area contributed by atoms with E-state index in [0.717, 1.165) is 22.6 Å². The maximum absolute atomic E-state index is 6.32. The Hall–Kier alpha value is -1.52. The summed E-state index contributed by atoms with van der Waals surface area (Å²) in [5.74, 6) is 0. The van der Waals surface area contributed by atoms with E-state index in [0.29, 0.717) is 11.4 Å². The van der Waals surface area contributed by atoms with Crippen LogP contribution >= 0.6 is 11.6 Å². The van der Waals surface area contributed by atoms with E-state index in [-0.39, 0.29) is 6.04 Å². The molecule has 1 heterocycles. The highest BCUT2D eigenvalue weighted by atomic mass is 35.5. The fourth-order valence-electron chi connectivity index (χ4n) is 2.26. The van der Waals surface area contributed by atoms with Crippen molar-refractivity contribution >= 4 is 17.3 Å². The highest BCUT2D eigenvalue weighted by molar-refractivity contribution is 6.31. The van der Waals surface area contributed by atoms with Crippen molar-refractivity contribution in [2.75, 3.05) is 19.0 Å². The van der Waals surface area contributed by atoms with Crippen molar-refractivity contribution in [3.05, 3.63) is 46.2 Å². The molecule has 0 aliphatic rings. The van der Waals surface area contributed by atoms with Gasteiger partial charge in [0, 0.05) is 39.3 Å². The van der Waals surface area contributed by atoms with Gasteiger partial charge in [-0.1, -0.05) is 23.7 Å². The van der Waals surface area contributed by atoms with E-state index in [1.807, 2.05) is 38.8 Å². The second-order valence-electron chi connectivity index (χ2n) is 5.27. The van der Waals surface area contributed by atoms with Crippen LogP contribution in [0.1, 0.15) is 23.0 Å². The van der Waals surface area contributed by atoms with Gasteiger partial charge in [-0.2, -0.15) is 5.10 Å². The van der Waals surface area contributed by atoms with Crippen molar-refractivity contribution in [2.45, 2.75) is 19.4 Å². The van der Waals surface area contributed by atoms with Crippen LogP contribution in [0, 0.1) is 6.92 Å². The summed E-state index contributed by atoms with van der Waals surface area (Å²) in [5.41, 5.74) is 10.4. The molecule has 0 bridgehead atoms. The van der Waals surface area contributed by atoms with Gasteiger partial charge >= 0.3 is 0 Å². The Morgan fingerprint density at radius 2 is 2.10 bits per heavy atom. The van der Waals surface area contributed by atoms with Gasteiger partial charge in [-0.25, -0.2) is 0 Å². The zero-order chi connectivity index (χ0) is 14.9. The molecule has 2 aromatic rings. The minimum atomic E-state index is -0.0952. The Morgan fingerprint density at radius 3 is 2.65 bits per heavy atom. The average Bonchev–Trinajstić information content (AvgIpc) is 2.65. The number of halogens is 1. The van der Waals surface area contributed by atoms with E-state index < -0.39 is 0 Å². The monoisotopic (exact) mass is 292 g/mol. The Bertz CT molecular complexity index is 604. The van der Waals surface area contributed by atoms with Crippen molar-refractivity contribution in [1.82, 2.24) is 9.78 Å². The van der Waals surface area contributed by atoms with Crippen LogP contribution in [0.4, 0.5) is 5.69 Å². The first-order valence-electron chi connectivity index (χ1n) is 6.61. The summed E-state index contributed by atoms with van der Waals surface area (Å²) >= 11 is 6.28. The molecule has 4 nitrogen and oxygen atoms in total. The molecule has 0 amide bonds. The third-order valence-electron chi connectivity index (χ3n) is 3.49. The predicted molar refractivity (Wildman–Crippen MR) is 84.4 cm³/mol. The predicted octanol–water partition coefficient (Wildman–Crippen LogP) is 2.69. The maximum atomic E-state index is 6.32. The number of aromatic nitrogens is 2. The number of nitrogens with two attached hydrogens (primary N) is 1. The van der Waals surface area contributed by atoms with Crippen LogP contribution in [-0.4, -0.2) is 23.9 Å². The topological polar surface area (TPSA) is 47.1 Å². The number of anilines is 1. The molecule has 1 atom stereocenters. The molecule has 5 heteroatoms. The van der Waals surface area contributed by atoms with E-state index in [9.17, 15) is 0 Å². The van der Waals surface area contributed by atoms with Gasteiger partial charge in [0.2, 0.25) is 0 Å². The standard InChI is InChI=1S/C15H21ClN4/c1-10-15(16)14(20(4)18-10)9-13(17)11-6-5-7-12(8-11)19(2)3/h5-8,13H,9,17H2,1-4H3. The molecule has 0 saturated carbocycles. The number of rotatable bonds is 4. The van der Waals surface area contributed by atoms with E-state index in [1.165, 1.54) is 0 Å². The fourth-order valence-corrected chi connectivity index (χ4v) is 2.50. The first-order chi connectivity index (χ1) is 9.40. The molecular weight excluding hydrogens is 272 g/mol. The van der Waals surface area contributed by atoms with Crippen LogP contribution in [0.25, 0.3) is 0 Å². The number of hydrogen-bond donors (Lipinski definition) is 1. The molecule has 0 fully saturated rings. The second kappa shape index (κ2) is 5.85. The lowest BCUT2D eigenvalue weighted by Gasteiger charge is -2.17. The Labute approximate surface area is 125 Å². The minimum absolute atomic E-state index is 0.0952. The van der Waals surface area contributed by atoms with E-state index >= 15 is 0 Å². The summed E-state index contributed by atoms with van der Waals surface area (Å²) in [5, 5.41) is 5.04. The first kappa shape index (κ1) is 14.9. The summed E-state index contributed by atoms with van der Waals surface area (Å²) in [6, 6.07) is 8.16. The van der Waals surface area contributed by atoms with Gasteiger partial charge in [-0.3, -0.25) is 4.68 Å². The SMILES string of the molecule is Cc1nn(C)c(CC(N)c2cccc(N(C)C)c2)c1Cl. The molecule has 0 saturated heterocycles. The van der Waals surface area contributed by atoms with Gasteiger partial charge in [0.25, 0.3) is 0 Å². The summed E-state index contributed by atoms with van der Waals surface area (Å²) in [4.78, 5) is 2.07. The van der Waals surface area contributed by atoms with Crippen molar-refractivity contribution in [3.8, 4) is 0 Å². The van der Waals surface area contributed by atoms with Gasteiger partial charge in [-0.15, -0.1) is 0 Å². The average molecular weight is 293 g/mol.